The van der Waals surface area contributed by atoms with Gasteiger partial charge >= 0.3 is 5.97 Å². The first-order valence-corrected chi connectivity index (χ1v) is 11.3. The van der Waals surface area contributed by atoms with E-state index in [1.807, 2.05) is 31.2 Å². The maximum atomic E-state index is 13.1. The van der Waals surface area contributed by atoms with Crippen LogP contribution in [0.25, 0.3) is 0 Å². The van der Waals surface area contributed by atoms with Crippen molar-refractivity contribution >= 4 is 23.5 Å². The molecule has 1 fully saturated rings. The molecule has 2 amide bonds. The van der Waals surface area contributed by atoms with E-state index < -0.39 is 12.0 Å². The van der Waals surface area contributed by atoms with Crippen molar-refractivity contribution in [2.75, 3.05) is 25.1 Å². The van der Waals surface area contributed by atoms with E-state index in [0.717, 1.165) is 11.3 Å². The van der Waals surface area contributed by atoms with Crippen LogP contribution >= 0.6 is 0 Å². The van der Waals surface area contributed by atoms with Crippen LogP contribution in [0.15, 0.2) is 60.9 Å². The molecule has 0 radical (unpaired) electrons. The van der Waals surface area contributed by atoms with Gasteiger partial charge in [0, 0.05) is 18.1 Å². The topological polar surface area (TPSA) is 100 Å². The summed E-state index contributed by atoms with van der Waals surface area (Å²) in [7, 11) is 0. The summed E-state index contributed by atoms with van der Waals surface area (Å²) >= 11 is 0. The predicted molar refractivity (Wildman–Crippen MR) is 126 cm³/mol. The Hall–Kier alpha value is -3.85. The first-order chi connectivity index (χ1) is 16.5. The second-order valence-corrected chi connectivity index (χ2v) is 7.96. The average Bonchev–Trinajstić information content (AvgIpc) is 3.27. The number of hydrogen-bond donors (Lipinski definition) is 2. The molecule has 2 atom stereocenters. The molecule has 2 aromatic rings. The lowest BCUT2D eigenvalue weighted by atomic mass is 10.0. The molecule has 2 aromatic carbocycles. The lowest BCUT2D eigenvalue weighted by molar-refractivity contribution is -0.137. The molecular weight excluding hydrogens is 436 g/mol. The Kier molecular flexibility index (Phi) is 7.12. The molecule has 2 aliphatic rings. The van der Waals surface area contributed by atoms with E-state index in [0.29, 0.717) is 24.3 Å². The van der Waals surface area contributed by atoms with Gasteiger partial charge in [0.25, 0.3) is 5.91 Å². The molecule has 2 N–H and O–H groups in total. The van der Waals surface area contributed by atoms with E-state index >= 15 is 0 Å². The quantitative estimate of drug-likeness (QED) is 0.580. The highest BCUT2D eigenvalue weighted by atomic mass is 16.5. The molecule has 34 heavy (non-hydrogen) atoms. The Morgan fingerprint density at radius 2 is 1.88 bits per heavy atom. The molecule has 1 saturated heterocycles. The molecule has 2 unspecified atom stereocenters. The van der Waals surface area contributed by atoms with Gasteiger partial charge in [-0.2, -0.15) is 0 Å². The van der Waals surface area contributed by atoms with Crippen LogP contribution in [-0.2, 0) is 14.3 Å². The number of ether oxygens (including phenoxy) is 2. The summed E-state index contributed by atoms with van der Waals surface area (Å²) in [5.41, 5.74) is 5.22. The van der Waals surface area contributed by atoms with Gasteiger partial charge in [-0.3, -0.25) is 9.59 Å². The number of nitrogens with zero attached hydrogens (tertiary/aromatic N) is 2. The minimum atomic E-state index is -0.455. The molecule has 2 heterocycles. The molecule has 0 aliphatic carbocycles. The first kappa shape index (κ1) is 23.3. The Morgan fingerprint density at radius 1 is 1.09 bits per heavy atom. The number of nitrogens with one attached hydrogen (secondary N) is 2. The summed E-state index contributed by atoms with van der Waals surface area (Å²) < 4.78 is 10.5. The summed E-state index contributed by atoms with van der Waals surface area (Å²) in [4.78, 5) is 39.0. The highest BCUT2D eigenvalue weighted by Gasteiger charge is 2.40. The number of rotatable bonds is 8. The molecule has 9 nitrogen and oxygen atoms in total. The van der Waals surface area contributed by atoms with Gasteiger partial charge in [0.05, 0.1) is 24.8 Å². The summed E-state index contributed by atoms with van der Waals surface area (Å²) in [5, 5.41) is 4.53. The van der Waals surface area contributed by atoms with Crippen molar-refractivity contribution in [1.82, 2.24) is 15.3 Å². The zero-order valence-corrected chi connectivity index (χ0v) is 19.2. The van der Waals surface area contributed by atoms with Crippen molar-refractivity contribution in [3.63, 3.8) is 0 Å². The maximum absolute atomic E-state index is 13.1. The number of benzene rings is 2. The first-order valence-electron chi connectivity index (χ1n) is 11.3. The van der Waals surface area contributed by atoms with E-state index in [2.05, 4.69) is 10.7 Å². The van der Waals surface area contributed by atoms with Crippen LogP contribution in [0.2, 0.25) is 0 Å². The number of hydrogen-bond acceptors (Lipinski definition) is 7. The number of carbonyl (C=O) groups excluding carboxylic acids is 3. The van der Waals surface area contributed by atoms with Gasteiger partial charge in [0.2, 0.25) is 5.91 Å². The molecule has 0 bridgehead atoms. The molecular formula is C25H28N4O5. The second kappa shape index (κ2) is 10.4. The summed E-state index contributed by atoms with van der Waals surface area (Å²) in [5.74, 6) is -0.160. The third-order valence-electron chi connectivity index (χ3n) is 5.64. The van der Waals surface area contributed by atoms with Gasteiger partial charge < -0.3 is 24.7 Å². The van der Waals surface area contributed by atoms with Gasteiger partial charge in [-0.15, -0.1) is 0 Å². The summed E-state index contributed by atoms with van der Waals surface area (Å²) in [6.45, 7) is 4.42. The minimum absolute atomic E-state index is 0.0198. The van der Waals surface area contributed by atoms with Crippen molar-refractivity contribution in [2.24, 2.45) is 0 Å². The zero-order valence-electron chi connectivity index (χ0n) is 19.2. The fourth-order valence-corrected chi connectivity index (χ4v) is 4.04. The van der Waals surface area contributed by atoms with Gasteiger partial charge in [-0.05, 0) is 56.2 Å². The van der Waals surface area contributed by atoms with E-state index in [1.54, 1.807) is 48.6 Å². The Morgan fingerprint density at radius 3 is 2.62 bits per heavy atom. The van der Waals surface area contributed by atoms with Crippen LogP contribution in [0.5, 0.6) is 5.75 Å². The van der Waals surface area contributed by atoms with Crippen LogP contribution in [0.4, 0.5) is 5.69 Å². The van der Waals surface area contributed by atoms with Crippen LogP contribution in [0.3, 0.4) is 0 Å². The smallest absolute Gasteiger partial charge is 0.338 e. The lowest BCUT2D eigenvalue weighted by Crippen LogP contribution is -2.49. The SMILES string of the molecule is CCOC(=O)c1cccc(NC(=O)CN2C=CN3NC(c4ccc(OCC)cc4)CC3C2=O)c1. The third kappa shape index (κ3) is 5.20. The number of fused-ring (bicyclic) bond motifs is 1. The average molecular weight is 465 g/mol. The highest BCUT2D eigenvalue weighted by molar-refractivity contribution is 5.97. The normalized spacial score (nSPS) is 19.1. The Labute approximate surface area is 198 Å². The van der Waals surface area contributed by atoms with E-state index in [4.69, 9.17) is 9.47 Å². The van der Waals surface area contributed by atoms with Crippen molar-refractivity contribution in [2.45, 2.75) is 32.4 Å². The number of hydrazine groups is 1. The number of anilines is 1. The van der Waals surface area contributed by atoms with Gasteiger partial charge in [0.1, 0.15) is 18.3 Å². The fraction of sp³-hybridized carbons (Fsp3) is 0.320. The largest absolute Gasteiger partial charge is 0.494 e. The van der Waals surface area contributed by atoms with Crippen molar-refractivity contribution in [3.8, 4) is 5.75 Å². The number of amides is 2. The Balaban J connectivity index is 1.35. The molecule has 0 spiro atoms. The van der Waals surface area contributed by atoms with E-state index in [-0.39, 0.29) is 31.0 Å². The molecule has 0 saturated carbocycles. The minimum Gasteiger partial charge on any atom is -0.494 e. The van der Waals surface area contributed by atoms with Gasteiger partial charge in [0.15, 0.2) is 0 Å². The monoisotopic (exact) mass is 464 g/mol. The highest BCUT2D eigenvalue weighted by Crippen LogP contribution is 2.31. The third-order valence-corrected chi connectivity index (χ3v) is 5.64. The standard InChI is InChI=1S/C25H28N4O5/c1-3-33-20-10-8-17(9-11-20)21-15-22-24(31)28(12-13-29(22)27-21)16-23(30)26-19-7-5-6-18(14-19)25(32)34-4-2/h5-14,21-22,27H,3-4,15-16H2,1-2H3,(H,26,30). The van der Waals surface area contributed by atoms with Crippen LogP contribution in [0.1, 0.15) is 42.2 Å². The zero-order chi connectivity index (χ0) is 24.1. The lowest BCUT2D eigenvalue weighted by Gasteiger charge is -2.31. The maximum Gasteiger partial charge on any atom is 0.338 e. The molecule has 2 aliphatic heterocycles. The predicted octanol–water partition coefficient (Wildman–Crippen LogP) is 2.83. The number of esters is 1. The van der Waals surface area contributed by atoms with Crippen LogP contribution < -0.4 is 15.5 Å². The molecule has 9 heteroatoms. The van der Waals surface area contributed by atoms with Crippen molar-refractivity contribution in [1.29, 1.82) is 0 Å². The van der Waals surface area contributed by atoms with Gasteiger partial charge in [-0.25, -0.2) is 10.2 Å². The van der Waals surface area contributed by atoms with Crippen molar-refractivity contribution < 1.29 is 23.9 Å². The second-order valence-electron chi connectivity index (χ2n) is 7.96. The van der Waals surface area contributed by atoms with Gasteiger partial charge in [-0.1, -0.05) is 18.2 Å². The fourth-order valence-electron chi connectivity index (χ4n) is 4.04. The van der Waals surface area contributed by atoms with Crippen LogP contribution in [0, 0.1) is 0 Å². The summed E-state index contributed by atoms with van der Waals surface area (Å²) in [6.07, 6.45) is 3.95. The van der Waals surface area contributed by atoms with E-state index in [9.17, 15) is 14.4 Å². The molecule has 4 rings (SSSR count). The summed E-state index contributed by atoms with van der Waals surface area (Å²) in [6, 6.07) is 13.9. The van der Waals surface area contributed by atoms with Crippen LogP contribution in [-0.4, -0.2) is 53.5 Å². The number of carbonyl (C=O) groups is 3. The Bertz CT molecular complexity index is 1080. The van der Waals surface area contributed by atoms with Crippen molar-refractivity contribution in [3.05, 3.63) is 72.1 Å². The molecule has 0 aromatic heterocycles. The molecule has 178 valence electrons. The van der Waals surface area contributed by atoms with E-state index in [1.165, 1.54) is 4.90 Å².